The van der Waals surface area contributed by atoms with Gasteiger partial charge in [-0.05, 0) is 18.8 Å². The second-order valence-electron chi connectivity index (χ2n) is 3.72. The van der Waals surface area contributed by atoms with Crippen molar-refractivity contribution < 1.29 is 19.8 Å². The smallest absolute Gasteiger partial charge is 0.307 e. The lowest BCUT2D eigenvalue weighted by molar-refractivity contribution is -0.148. The van der Waals surface area contributed by atoms with Gasteiger partial charge < -0.3 is 10.2 Å². The van der Waals surface area contributed by atoms with Crippen LogP contribution < -0.4 is 0 Å². The van der Waals surface area contributed by atoms with Crippen molar-refractivity contribution in [2.45, 2.75) is 39.5 Å². The zero-order chi connectivity index (χ0) is 11.1. The molecule has 0 fully saturated rings. The van der Waals surface area contributed by atoms with Gasteiger partial charge in [-0.3, -0.25) is 9.59 Å². The van der Waals surface area contributed by atoms with Crippen LogP contribution in [0.25, 0.3) is 0 Å². The molecule has 0 spiro atoms. The first-order valence-electron chi connectivity index (χ1n) is 4.92. The number of aliphatic carboxylic acids is 2. The Balaban J connectivity index is 3.97. The summed E-state index contributed by atoms with van der Waals surface area (Å²) in [4.78, 5) is 21.0. The molecule has 0 aromatic carbocycles. The predicted octanol–water partition coefficient (Wildman–Crippen LogP) is 1.99. The van der Waals surface area contributed by atoms with Gasteiger partial charge in [-0.1, -0.05) is 20.3 Å². The molecule has 2 atom stereocenters. The molecule has 0 rings (SSSR count). The second-order valence-corrected chi connectivity index (χ2v) is 3.72. The van der Waals surface area contributed by atoms with E-state index in [1.165, 1.54) is 0 Å². The van der Waals surface area contributed by atoms with Crippen LogP contribution in [0.3, 0.4) is 0 Å². The van der Waals surface area contributed by atoms with E-state index in [4.69, 9.17) is 10.2 Å². The molecule has 0 heterocycles. The van der Waals surface area contributed by atoms with Crippen molar-refractivity contribution in [3.8, 4) is 0 Å². The summed E-state index contributed by atoms with van der Waals surface area (Å²) in [6, 6.07) is 0. The zero-order valence-corrected chi connectivity index (χ0v) is 8.69. The standard InChI is InChI=1S/C10H18O4/c1-3-7(2)4-5-8(10(13)14)6-9(11)12/h7-8H,3-6H2,1-2H3,(H,11,12)(H,13,14). The SMILES string of the molecule is CCC(C)CCC(CC(=O)O)C(=O)O. The van der Waals surface area contributed by atoms with E-state index < -0.39 is 17.9 Å². The Morgan fingerprint density at radius 2 is 1.79 bits per heavy atom. The third kappa shape index (κ3) is 5.56. The van der Waals surface area contributed by atoms with Crippen molar-refractivity contribution in [3.05, 3.63) is 0 Å². The first-order valence-corrected chi connectivity index (χ1v) is 4.92. The molecule has 4 heteroatoms. The van der Waals surface area contributed by atoms with Crippen LogP contribution >= 0.6 is 0 Å². The molecule has 4 nitrogen and oxygen atoms in total. The van der Waals surface area contributed by atoms with Gasteiger partial charge in [0.1, 0.15) is 0 Å². The van der Waals surface area contributed by atoms with Gasteiger partial charge in [0.2, 0.25) is 0 Å². The molecule has 14 heavy (non-hydrogen) atoms. The molecule has 0 aliphatic heterocycles. The first-order chi connectivity index (χ1) is 6.47. The van der Waals surface area contributed by atoms with E-state index in [1.54, 1.807) is 0 Å². The first kappa shape index (κ1) is 12.9. The topological polar surface area (TPSA) is 74.6 Å². The number of hydrogen-bond donors (Lipinski definition) is 2. The number of carboxylic acid groups (broad SMARTS) is 2. The molecule has 82 valence electrons. The van der Waals surface area contributed by atoms with Gasteiger partial charge in [-0.25, -0.2) is 0 Å². The number of rotatable bonds is 7. The highest BCUT2D eigenvalue weighted by molar-refractivity contribution is 5.77. The van der Waals surface area contributed by atoms with Crippen LogP contribution in [0.15, 0.2) is 0 Å². The number of carboxylic acids is 2. The quantitative estimate of drug-likeness (QED) is 0.662. The van der Waals surface area contributed by atoms with E-state index in [1.807, 2.05) is 13.8 Å². The third-order valence-corrected chi connectivity index (χ3v) is 2.48. The summed E-state index contributed by atoms with van der Waals surface area (Å²) in [6.45, 7) is 4.08. The van der Waals surface area contributed by atoms with Crippen LogP contribution in [0.5, 0.6) is 0 Å². The largest absolute Gasteiger partial charge is 0.481 e. The normalized spacial score (nSPS) is 14.7. The van der Waals surface area contributed by atoms with Crippen molar-refractivity contribution in [3.63, 3.8) is 0 Å². The van der Waals surface area contributed by atoms with Gasteiger partial charge >= 0.3 is 11.9 Å². The summed E-state index contributed by atoms with van der Waals surface area (Å²) in [6.07, 6.45) is 1.96. The Hall–Kier alpha value is -1.06. The minimum atomic E-state index is -1.04. The van der Waals surface area contributed by atoms with Crippen molar-refractivity contribution in [1.29, 1.82) is 0 Å². The van der Waals surface area contributed by atoms with E-state index in [0.717, 1.165) is 12.8 Å². The maximum Gasteiger partial charge on any atom is 0.307 e. The third-order valence-electron chi connectivity index (χ3n) is 2.48. The van der Waals surface area contributed by atoms with Gasteiger partial charge in [-0.15, -0.1) is 0 Å². The monoisotopic (exact) mass is 202 g/mol. The van der Waals surface area contributed by atoms with Crippen LogP contribution in [0.1, 0.15) is 39.5 Å². The van der Waals surface area contributed by atoms with E-state index >= 15 is 0 Å². The summed E-state index contributed by atoms with van der Waals surface area (Å²) in [5.74, 6) is -2.32. The molecule has 0 bridgehead atoms. The molecule has 0 aromatic heterocycles. The number of hydrogen-bond acceptors (Lipinski definition) is 2. The van der Waals surface area contributed by atoms with Crippen LogP contribution in [-0.2, 0) is 9.59 Å². The maximum absolute atomic E-state index is 10.7. The molecule has 0 saturated heterocycles. The fourth-order valence-corrected chi connectivity index (χ4v) is 1.21. The molecule has 0 aliphatic rings. The Morgan fingerprint density at radius 1 is 1.21 bits per heavy atom. The Labute approximate surface area is 83.9 Å². The van der Waals surface area contributed by atoms with Crippen LogP contribution in [-0.4, -0.2) is 22.2 Å². The van der Waals surface area contributed by atoms with E-state index in [0.29, 0.717) is 12.3 Å². The molecule has 0 aliphatic carbocycles. The lowest BCUT2D eigenvalue weighted by Crippen LogP contribution is -2.18. The van der Waals surface area contributed by atoms with Gasteiger partial charge in [0.15, 0.2) is 0 Å². The van der Waals surface area contributed by atoms with E-state index in [9.17, 15) is 9.59 Å². The van der Waals surface area contributed by atoms with Crippen molar-refractivity contribution in [2.24, 2.45) is 11.8 Å². The minimum Gasteiger partial charge on any atom is -0.481 e. The van der Waals surface area contributed by atoms with Crippen LogP contribution in [0, 0.1) is 11.8 Å². The summed E-state index contributed by atoms with van der Waals surface area (Å²) >= 11 is 0. The maximum atomic E-state index is 10.7. The summed E-state index contributed by atoms with van der Waals surface area (Å²) in [5.41, 5.74) is 0. The fraction of sp³-hybridized carbons (Fsp3) is 0.800. The highest BCUT2D eigenvalue weighted by Crippen LogP contribution is 2.17. The van der Waals surface area contributed by atoms with Gasteiger partial charge in [0.25, 0.3) is 0 Å². The predicted molar refractivity (Wildman–Crippen MR) is 52.1 cm³/mol. The van der Waals surface area contributed by atoms with Gasteiger partial charge in [0.05, 0.1) is 12.3 Å². The molecule has 2 unspecified atom stereocenters. The van der Waals surface area contributed by atoms with Crippen LogP contribution in [0.4, 0.5) is 0 Å². The van der Waals surface area contributed by atoms with Gasteiger partial charge in [-0.2, -0.15) is 0 Å². The Bertz CT molecular complexity index is 200. The van der Waals surface area contributed by atoms with Crippen LogP contribution in [0.2, 0.25) is 0 Å². The zero-order valence-electron chi connectivity index (χ0n) is 8.69. The fourth-order valence-electron chi connectivity index (χ4n) is 1.21. The molecule has 0 aromatic rings. The minimum absolute atomic E-state index is 0.272. The lowest BCUT2D eigenvalue weighted by Gasteiger charge is -2.12. The van der Waals surface area contributed by atoms with Gasteiger partial charge in [0, 0.05) is 0 Å². The summed E-state index contributed by atoms with van der Waals surface area (Å²) in [5, 5.41) is 17.2. The lowest BCUT2D eigenvalue weighted by atomic mass is 9.93. The highest BCUT2D eigenvalue weighted by atomic mass is 16.4. The van der Waals surface area contributed by atoms with E-state index in [2.05, 4.69) is 0 Å². The molecule has 0 radical (unpaired) electrons. The highest BCUT2D eigenvalue weighted by Gasteiger charge is 2.21. The Morgan fingerprint density at radius 3 is 2.14 bits per heavy atom. The van der Waals surface area contributed by atoms with Crippen molar-refractivity contribution in [1.82, 2.24) is 0 Å². The molecule has 2 N–H and O–H groups in total. The number of carbonyl (C=O) groups is 2. The molecular weight excluding hydrogens is 184 g/mol. The second kappa shape index (κ2) is 6.40. The molecule has 0 saturated carbocycles. The Kier molecular flexibility index (Phi) is 5.92. The summed E-state index contributed by atoms with van der Waals surface area (Å²) in [7, 11) is 0. The molecular formula is C10H18O4. The average molecular weight is 202 g/mol. The van der Waals surface area contributed by atoms with E-state index in [-0.39, 0.29) is 6.42 Å². The molecule has 0 amide bonds. The van der Waals surface area contributed by atoms with Crippen molar-refractivity contribution in [2.75, 3.05) is 0 Å². The summed E-state index contributed by atoms with van der Waals surface area (Å²) < 4.78 is 0. The van der Waals surface area contributed by atoms with Crippen molar-refractivity contribution >= 4 is 11.9 Å². The average Bonchev–Trinajstić information content (AvgIpc) is 2.10.